The van der Waals surface area contributed by atoms with E-state index in [1.807, 2.05) is 11.8 Å². The second-order valence-corrected chi connectivity index (χ2v) is 5.55. The Morgan fingerprint density at radius 2 is 2.06 bits per heavy atom. The van der Waals surface area contributed by atoms with Crippen molar-refractivity contribution in [3.05, 3.63) is 29.3 Å². The zero-order valence-corrected chi connectivity index (χ0v) is 11.1. The third-order valence-electron chi connectivity index (χ3n) is 3.46. The highest BCUT2D eigenvalue weighted by atomic mass is 32.2. The topological polar surface area (TPSA) is 12.0 Å². The summed E-state index contributed by atoms with van der Waals surface area (Å²) in [4.78, 5) is 1.44. The van der Waals surface area contributed by atoms with E-state index in [4.69, 9.17) is 0 Å². The van der Waals surface area contributed by atoms with Crippen LogP contribution >= 0.6 is 11.8 Å². The van der Waals surface area contributed by atoms with Gasteiger partial charge in [0.15, 0.2) is 0 Å². The molecule has 0 aromatic heterocycles. The number of benzene rings is 1. The summed E-state index contributed by atoms with van der Waals surface area (Å²) in [5.74, 6) is 0.888. The van der Waals surface area contributed by atoms with Crippen LogP contribution in [0.5, 0.6) is 0 Å². The standard InChI is InChI=1S/C14H21NS/c1-11-3-4-13(10-14(11)16-2)9-12-5-7-15-8-6-12/h3-4,10,12,15H,5-9H2,1-2H3. The van der Waals surface area contributed by atoms with Crippen molar-refractivity contribution in [1.82, 2.24) is 5.32 Å². The Morgan fingerprint density at radius 3 is 2.75 bits per heavy atom. The molecule has 2 heteroatoms. The van der Waals surface area contributed by atoms with Gasteiger partial charge in [0, 0.05) is 4.90 Å². The maximum Gasteiger partial charge on any atom is 0.0101 e. The van der Waals surface area contributed by atoms with Crippen molar-refractivity contribution in [2.24, 2.45) is 5.92 Å². The summed E-state index contributed by atoms with van der Waals surface area (Å²) in [5.41, 5.74) is 2.92. The van der Waals surface area contributed by atoms with Crippen LogP contribution in [0.3, 0.4) is 0 Å². The van der Waals surface area contributed by atoms with E-state index >= 15 is 0 Å². The zero-order chi connectivity index (χ0) is 11.4. The van der Waals surface area contributed by atoms with Crippen molar-refractivity contribution in [2.45, 2.75) is 31.1 Å². The number of aryl methyl sites for hydroxylation is 1. The molecule has 1 fully saturated rings. The molecular weight excluding hydrogens is 214 g/mol. The normalized spacial score (nSPS) is 17.6. The second kappa shape index (κ2) is 5.74. The van der Waals surface area contributed by atoms with Gasteiger partial charge >= 0.3 is 0 Å². The number of hydrogen-bond donors (Lipinski definition) is 1. The molecule has 1 heterocycles. The molecule has 0 radical (unpaired) electrons. The molecule has 0 spiro atoms. The summed E-state index contributed by atoms with van der Waals surface area (Å²) in [5, 5.41) is 3.43. The number of piperidine rings is 1. The van der Waals surface area contributed by atoms with Crippen LogP contribution in [0.15, 0.2) is 23.1 Å². The molecule has 0 saturated carbocycles. The Labute approximate surface area is 103 Å². The molecule has 2 rings (SSSR count). The highest BCUT2D eigenvalue weighted by Gasteiger charge is 2.13. The van der Waals surface area contributed by atoms with Crippen LogP contribution in [0.25, 0.3) is 0 Å². The largest absolute Gasteiger partial charge is 0.317 e. The van der Waals surface area contributed by atoms with E-state index in [0.717, 1.165) is 5.92 Å². The van der Waals surface area contributed by atoms with Gasteiger partial charge in [0.1, 0.15) is 0 Å². The van der Waals surface area contributed by atoms with Crippen molar-refractivity contribution in [3.63, 3.8) is 0 Å². The van der Waals surface area contributed by atoms with Crippen LogP contribution in [0.2, 0.25) is 0 Å². The third kappa shape index (κ3) is 3.02. The van der Waals surface area contributed by atoms with Gasteiger partial charge < -0.3 is 5.32 Å². The van der Waals surface area contributed by atoms with Gasteiger partial charge in [0.2, 0.25) is 0 Å². The molecule has 1 nitrogen and oxygen atoms in total. The quantitative estimate of drug-likeness (QED) is 0.807. The second-order valence-electron chi connectivity index (χ2n) is 4.70. The lowest BCUT2D eigenvalue weighted by molar-refractivity contribution is 0.372. The number of hydrogen-bond acceptors (Lipinski definition) is 2. The minimum atomic E-state index is 0.888. The van der Waals surface area contributed by atoms with Crippen molar-refractivity contribution in [1.29, 1.82) is 0 Å². The number of thioether (sulfide) groups is 1. The summed E-state index contributed by atoms with van der Waals surface area (Å²) in [6.45, 7) is 4.60. The van der Waals surface area contributed by atoms with Crippen LogP contribution in [0.1, 0.15) is 24.0 Å². The molecule has 1 saturated heterocycles. The van der Waals surface area contributed by atoms with Crippen molar-refractivity contribution < 1.29 is 0 Å². The minimum absolute atomic E-state index is 0.888. The first kappa shape index (κ1) is 12.0. The van der Waals surface area contributed by atoms with E-state index in [2.05, 4.69) is 36.7 Å². The molecule has 1 aromatic carbocycles. The van der Waals surface area contributed by atoms with Crippen molar-refractivity contribution in [2.75, 3.05) is 19.3 Å². The predicted octanol–water partition coefficient (Wildman–Crippen LogP) is 3.26. The van der Waals surface area contributed by atoms with E-state index in [9.17, 15) is 0 Å². The highest BCUT2D eigenvalue weighted by Crippen LogP contribution is 2.24. The van der Waals surface area contributed by atoms with Crippen molar-refractivity contribution in [3.8, 4) is 0 Å². The summed E-state index contributed by atoms with van der Waals surface area (Å²) < 4.78 is 0. The molecule has 1 aromatic rings. The Morgan fingerprint density at radius 1 is 1.31 bits per heavy atom. The molecule has 0 unspecified atom stereocenters. The fraction of sp³-hybridized carbons (Fsp3) is 0.571. The highest BCUT2D eigenvalue weighted by molar-refractivity contribution is 7.98. The Balaban J connectivity index is 2.03. The summed E-state index contributed by atoms with van der Waals surface area (Å²) in [7, 11) is 0. The summed E-state index contributed by atoms with van der Waals surface area (Å²) in [6.07, 6.45) is 6.09. The molecule has 0 bridgehead atoms. The number of nitrogens with one attached hydrogen (secondary N) is 1. The van der Waals surface area contributed by atoms with Crippen LogP contribution in [-0.2, 0) is 6.42 Å². The van der Waals surface area contributed by atoms with Crippen LogP contribution in [0.4, 0.5) is 0 Å². The van der Waals surface area contributed by atoms with Gasteiger partial charge in [0.25, 0.3) is 0 Å². The van der Waals surface area contributed by atoms with Gasteiger partial charge in [-0.05, 0) is 68.6 Å². The zero-order valence-electron chi connectivity index (χ0n) is 10.3. The molecular formula is C14H21NS. The first-order valence-electron chi connectivity index (χ1n) is 6.14. The van der Waals surface area contributed by atoms with Gasteiger partial charge in [0.05, 0.1) is 0 Å². The maximum absolute atomic E-state index is 3.43. The lowest BCUT2D eigenvalue weighted by Crippen LogP contribution is -2.28. The molecule has 1 N–H and O–H groups in total. The summed E-state index contributed by atoms with van der Waals surface area (Å²) >= 11 is 1.86. The van der Waals surface area contributed by atoms with Gasteiger partial charge in [-0.15, -0.1) is 11.8 Å². The molecule has 0 aliphatic carbocycles. The monoisotopic (exact) mass is 235 g/mol. The van der Waals surface area contributed by atoms with Crippen LogP contribution in [-0.4, -0.2) is 19.3 Å². The van der Waals surface area contributed by atoms with Crippen LogP contribution < -0.4 is 5.32 Å². The van der Waals surface area contributed by atoms with Crippen molar-refractivity contribution >= 4 is 11.8 Å². The van der Waals surface area contributed by atoms with Gasteiger partial charge in [-0.2, -0.15) is 0 Å². The lowest BCUT2D eigenvalue weighted by atomic mass is 9.91. The van der Waals surface area contributed by atoms with E-state index in [0.29, 0.717) is 0 Å². The Bertz CT molecular complexity index is 343. The molecule has 0 amide bonds. The van der Waals surface area contributed by atoms with E-state index in [-0.39, 0.29) is 0 Å². The minimum Gasteiger partial charge on any atom is -0.317 e. The Kier molecular flexibility index (Phi) is 4.30. The molecule has 1 aliphatic rings. The SMILES string of the molecule is CSc1cc(CC2CCNCC2)ccc1C. The lowest BCUT2D eigenvalue weighted by Gasteiger charge is -2.22. The van der Waals surface area contributed by atoms with Gasteiger partial charge in [-0.25, -0.2) is 0 Å². The number of rotatable bonds is 3. The third-order valence-corrected chi connectivity index (χ3v) is 4.34. The smallest absolute Gasteiger partial charge is 0.0101 e. The van der Waals surface area contributed by atoms with Gasteiger partial charge in [-0.1, -0.05) is 12.1 Å². The molecule has 88 valence electrons. The van der Waals surface area contributed by atoms with Gasteiger partial charge in [-0.3, -0.25) is 0 Å². The first-order valence-corrected chi connectivity index (χ1v) is 7.36. The van der Waals surface area contributed by atoms with E-state index in [1.54, 1.807) is 0 Å². The fourth-order valence-corrected chi connectivity index (χ4v) is 3.07. The van der Waals surface area contributed by atoms with E-state index < -0.39 is 0 Å². The first-order chi connectivity index (χ1) is 7.79. The average molecular weight is 235 g/mol. The molecule has 16 heavy (non-hydrogen) atoms. The Hall–Kier alpha value is -0.470. The van der Waals surface area contributed by atoms with E-state index in [1.165, 1.54) is 48.4 Å². The summed E-state index contributed by atoms with van der Waals surface area (Å²) in [6, 6.07) is 6.95. The molecule has 1 aliphatic heterocycles. The average Bonchev–Trinajstić information content (AvgIpc) is 2.33. The maximum atomic E-state index is 3.43. The molecule has 0 atom stereocenters. The predicted molar refractivity (Wildman–Crippen MR) is 72.3 cm³/mol. The van der Waals surface area contributed by atoms with Crippen LogP contribution in [0, 0.1) is 12.8 Å². The fourth-order valence-electron chi connectivity index (χ4n) is 2.41.